The van der Waals surface area contributed by atoms with Crippen LogP contribution in [0.2, 0.25) is 0 Å². The minimum atomic E-state index is -4.49. The number of hydrogen-bond donors (Lipinski definition) is 4. The predicted molar refractivity (Wildman–Crippen MR) is 129 cm³/mol. The summed E-state index contributed by atoms with van der Waals surface area (Å²) in [7, 11) is 0. The molecule has 2 heterocycles. The standard InChI is InChI=1S/C23H21F3N6O.CH4/c1-12(2)18-11-17(19-20(27)31-32-21(19)30-18)13-6-8-15(9-7-13)28-22(33)29-16-5-3-4-14(10-16)23(24,25)26;/h3-12H,1-2H3,(H2,28,29,33)(H3,27,30,31,32);1H4. The average molecular weight is 470 g/mol. The summed E-state index contributed by atoms with van der Waals surface area (Å²) >= 11 is 0. The fraction of sp³-hybridized carbons (Fsp3) is 0.208. The Morgan fingerprint density at radius 2 is 1.71 bits per heavy atom. The molecule has 5 N–H and O–H groups in total. The third-order valence-corrected chi connectivity index (χ3v) is 5.06. The molecule has 178 valence electrons. The van der Waals surface area contributed by atoms with Crippen molar-refractivity contribution in [2.45, 2.75) is 33.4 Å². The van der Waals surface area contributed by atoms with Crippen molar-refractivity contribution in [1.82, 2.24) is 15.2 Å². The van der Waals surface area contributed by atoms with Crippen LogP contribution >= 0.6 is 0 Å². The molecule has 4 aromatic rings. The lowest BCUT2D eigenvalue weighted by Gasteiger charge is -2.12. The van der Waals surface area contributed by atoms with Crippen LogP contribution in [0.15, 0.2) is 54.6 Å². The number of nitrogens with two attached hydrogens (primary N) is 1. The molecule has 0 radical (unpaired) electrons. The van der Waals surface area contributed by atoms with Crippen molar-refractivity contribution in [3.63, 3.8) is 0 Å². The van der Waals surface area contributed by atoms with Gasteiger partial charge in [0.15, 0.2) is 5.65 Å². The van der Waals surface area contributed by atoms with Crippen LogP contribution in [-0.2, 0) is 6.18 Å². The smallest absolute Gasteiger partial charge is 0.383 e. The van der Waals surface area contributed by atoms with Crippen LogP contribution in [0.5, 0.6) is 0 Å². The molecular weight excluding hydrogens is 445 g/mol. The van der Waals surface area contributed by atoms with Gasteiger partial charge >= 0.3 is 12.2 Å². The van der Waals surface area contributed by atoms with Crippen molar-refractivity contribution in [1.29, 1.82) is 0 Å². The van der Waals surface area contributed by atoms with Gasteiger partial charge in [-0.05, 0) is 53.4 Å². The van der Waals surface area contributed by atoms with E-state index in [2.05, 4.69) is 25.8 Å². The number of urea groups is 1. The average Bonchev–Trinajstić information content (AvgIpc) is 3.14. The molecule has 10 heteroatoms. The molecule has 2 amide bonds. The number of alkyl halides is 3. The van der Waals surface area contributed by atoms with Gasteiger partial charge in [-0.3, -0.25) is 5.10 Å². The largest absolute Gasteiger partial charge is 0.416 e. The Hall–Kier alpha value is -4.08. The summed E-state index contributed by atoms with van der Waals surface area (Å²) in [5.74, 6) is 0.594. The molecule has 4 rings (SSSR count). The van der Waals surface area contributed by atoms with Gasteiger partial charge in [0.1, 0.15) is 5.82 Å². The first-order chi connectivity index (χ1) is 15.6. The number of rotatable bonds is 4. The number of aromatic amines is 1. The van der Waals surface area contributed by atoms with Crippen LogP contribution < -0.4 is 16.4 Å². The summed E-state index contributed by atoms with van der Waals surface area (Å²) in [5.41, 5.74) is 8.82. The van der Waals surface area contributed by atoms with Crippen molar-refractivity contribution < 1.29 is 18.0 Å². The van der Waals surface area contributed by atoms with Crippen LogP contribution in [0.3, 0.4) is 0 Å². The minimum absolute atomic E-state index is 0. The van der Waals surface area contributed by atoms with Gasteiger partial charge in [-0.1, -0.05) is 39.5 Å². The topological polar surface area (TPSA) is 109 Å². The van der Waals surface area contributed by atoms with Crippen molar-refractivity contribution in [2.24, 2.45) is 0 Å². The molecule has 0 atom stereocenters. The molecule has 0 spiro atoms. The summed E-state index contributed by atoms with van der Waals surface area (Å²) in [5, 5.41) is 12.7. The number of nitrogen functional groups attached to an aromatic ring is 1. The fourth-order valence-electron chi connectivity index (χ4n) is 3.39. The highest BCUT2D eigenvalue weighted by molar-refractivity contribution is 6.01. The van der Waals surface area contributed by atoms with Gasteiger partial charge in [-0.2, -0.15) is 18.3 Å². The molecule has 0 saturated heterocycles. The molecular formula is C24H25F3N6O. The third kappa shape index (κ3) is 5.11. The lowest BCUT2D eigenvalue weighted by atomic mass is 9.99. The van der Waals surface area contributed by atoms with Crippen molar-refractivity contribution >= 4 is 34.3 Å². The lowest BCUT2D eigenvalue weighted by molar-refractivity contribution is -0.137. The molecule has 0 aliphatic carbocycles. The molecule has 34 heavy (non-hydrogen) atoms. The maximum absolute atomic E-state index is 12.9. The monoisotopic (exact) mass is 470 g/mol. The highest BCUT2D eigenvalue weighted by Crippen LogP contribution is 2.34. The second kappa shape index (κ2) is 9.42. The number of fused-ring (bicyclic) bond motifs is 1. The van der Waals surface area contributed by atoms with Gasteiger partial charge in [-0.15, -0.1) is 0 Å². The van der Waals surface area contributed by atoms with Crippen LogP contribution in [-0.4, -0.2) is 21.2 Å². The summed E-state index contributed by atoms with van der Waals surface area (Å²) in [6.07, 6.45) is -4.49. The molecule has 0 fully saturated rings. The van der Waals surface area contributed by atoms with E-state index in [0.29, 0.717) is 22.5 Å². The zero-order chi connectivity index (χ0) is 23.8. The molecule has 7 nitrogen and oxygen atoms in total. The van der Waals surface area contributed by atoms with Crippen molar-refractivity contribution in [3.05, 3.63) is 65.9 Å². The highest BCUT2D eigenvalue weighted by atomic mass is 19.4. The van der Waals surface area contributed by atoms with Gasteiger partial charge in [0, 0.05) is 17.1 Å². The number of nitrogens with one attached hydrogen (secondary N) is 3. The molecule has 0 bridgehead atoms. The van der Waals surface area contributed by atoms with Gasteiger partial charge in [-0.25, -0.2) is 9.78 Å². The van der Waals surface area contributed by atoms with Crippen LogP contribution in [0.4, 0.5) is 35.2 Å². The van der Waals surface area contributed by atoms with Gasteiger partial charge < -0.3 is 16.4 Å². The van der Waals surface area contributed by atoms with E-state index in [4.69, 9.17) is 5.73 Å². The second-order valence-corrected chi connectivity index (χ2v) is 7.82. The fourth-order valence-corrected chi connectivity index (χ4v) is 3.39. The van der Waals surface area contributed by atoms with Crippen LogP contribution in [0.25, 0.3) is 22.2 Å². The minimum Gasteiger partial charge on any atom is -0.383 e. The van der Waals surface area contributed by atoms with E-state index in [9.17, 15) is 18.0 Å². The number of hydrogen-bond acceptors (Lipinski definition) is 4. The van der Waals surface area contributed by atoms with E-state index in [1.165, 1.54) is 12.1 Å². The Morgan fingerprint density at radius 3 is 2.35 bits per heavy atom. The van der Waals surface area contributed by atoms with Gasteiger partial charge in [0.25, 0.3) is 0 Å². The first kappa shape index (κ1) is 24.6. The van der Waals surface area contributed by atoms with Crippen molar-refractivity contribution in [2.75, 3.05) is 16.4 Å². The normalized spacial score (nSPS) is 11.4. The van der Waals surface area contributed by atoms with E-state index >= 15 is 0 Å². The number of amides is 2. The highest BCUT2D eigenvalue weighted by Gasteiger charge is 2.30. The third-order valence-electron chi connectivity index (χ3n) is 5.06. The molecule has 0 aliphatic heterocycles. The second-order valence-electron chi connectivity index (χ2n) is 7.82. The number of pyridine rings is 1. The van der Waals surface area contributed by atoms with Gasteiger partial charge in [0.2, 0.25) is 0 Å². The van der Waals surface area contributed by atoms with E-state index in [1.807, 2.05) is 32.0 Å². The van der Waals surface area contributed by atoms with Crippen LogP contribution in [0.1, 0.15) is 38.4 Å². The lowest BCUT2D eigenvalue weighted by Crippen LogP contribution is -2.19. The number of H-pyrrole nitrogens is 1. The number of carbonyl (C=O) groups excluding carboxylic acids is 1. The Morgan fingerprint density at radius 1 is 1.03 bits per heavy atom. The van der Waals surface area contributed by atoms with Crippen molar-refractivity contribution in [3.8, 4) is 11.1 Å². The number of anilines is 3. The SMILES string of the molecule is C.CC(C)c1cc(-c2ccc(NC(=O)Nc3cccc(C(F)(F)F)c3)cc2)c2c(N)[nH]nc2n1. The van der Waals surface area contributed by atoms with E-state index in [1.54, 1.807) is 12.1 Å². The Labute approximate surface area is 194 Å². The van der Waals surface area contributed by atoms with Gasteiger partial charge in [0.05, 0.1) is 10.9 Å². The van der Waals surface area contributed by atoms with E-state index < -0.39 is 17.8 Å². The molecule has 2 aromatic heterocycles. The summed E-state index contributed by atoms with van der Waals surface area (Å²) in [4.78, 5) is 16.8. The van der Waals surface area contributed by atoms with Crippen LogP contribution in [0, 0.1) is 0 Å². The number of halogens is 3. The summed E-state index contributed by atoms with van der Waals surface area (Å²) in [6, 6.07) is 12.7. The first-order valence-corrected chi connectivity index (χ1v) is 10.1. The van der Waals surface area contributed by atoms with E-state index in [-0.39, 0.29) is 19.0 Å². The maximum atomic E-state index is 12.9. The Kier molecular flexibility index (Phi) is 6.80. The molecule has 0 saturated carbocycles. The zero-order valence-corrected chi connectivity index (χ0v) is 17.8. The first-order valence-electron chi connectivity index (χ1n) is 10.1. The summed E-state index contributed by atoms with van der Waals surface area (Å²) < 4.78 is 38.6. The zero-order valence-electron chi connectivity index (χ0n) is 17.8. The predicted octanol–water partition coefficient (Wildman–Crippen LogP) is 6.63. The number of nitrogens with zero attached hydrogens (tertiary/aromatic N) is 2. The number of aromatic nitrogens is 3. The summed E-state index contributed by atoms with van der Waals surface area (Å²) in [6.45, 7) is 4.06. The Bertz CT molecular complexity index is 1310. The Balaban J connectivity index is 0.00000324. The van der Waals surface area contributed by atoms with E-state index in [0.717, 1.165) is 29.0 Å². The molecule has 0 unspecified atom stereocenters. The number of carbonyl (C=O) groups is 1. The molecule has 2 aromatic carbocycles. The molecule has 0 aliphatic rings. The maximum Gasteiger partial charge on any atom is 0.416 e. The quantitative estimate of drug-likeness (QED) is 0.268. The number of benzene rings is 2.